The molecule has 1 fully saturated rings. The van der Waals surface area contributed by atoms with E-state index in [1.165, 1.54) is 17.5 Å². The van der Waals surface area contributed by atoms with Gasteiger partial charge in [-0.2, -0.15) is 0 Å². The number of hydrogen-bond acceptors (Lipinski definition) is 1. The van der Waals surface area contributed by atoms with Gasteiger partial charge in [0.1, 0.15) is 5.78 Å². The fourth-order valence-electron chi connectivity index (χ4n) is 3.43. The van der Waals surface area contributed by atoms with Gasteiger partial charge in [0.2, 0.25) is 0 Å². The molecule has 0 N–H and O–H groups in total. The molecule has 2 aromatic carbocycles. The predicted molar refractivity (Wildman–Crippen MR) is 86.1 cm³/mol. The average Bonchev–Trinajstić information content (AvgIpc) is 2.53. The highest BCUT2D eigenvalue weighted by molar-refractivity contribution is 5.84. The van der Waals surface area contributed by atoms with Gasteiger partial charge in [0.25, 0.3) is 0 Å². The Labute approximate surface area is 127 Å². The van der Waals surface area contributed by atoms with Crippen LogP contribution >= 0.6 is 0 Å². The molecule has 2 atom stereocenters. The minimum absolute atomic E-state index is 0.217. The Bertz CT molecular complexity index is 522. The molecule has 1 aliphatic rings. The molecule has 2 aromatic rings. The zero-order chi connectivity index (χ0) is 14.5. The Balaban J connectivity index is 1.66. The van der Waals surface area contributed by atoms with Crippen molar-refractivity contribution in [2.45, 2.75) is 32.1 Å². The molecule has 1 saturated carbocycles. The van der Waals surface area contributed by atoms with Crippen LogP contribution in [0.4, 0.5) is 0 Å². The zero-order valence-corrected chi connectivity index (χ0v) is 12.4. The fourth-order valence-corrected chi connectivity index (χ4v) is 3.43. The van der Waals surface area contributed by atoms with E-state index < -0.39 is 0 Å². The first-order valence-electron chi connectivity index (χ1n) is 7.94. The first-order valence-corrected chi connectivity index (χ1v) is 7.94. The van der Waals surface area contributed by atoms with Crippen molar-refractivity contribution in [2.75, 3.05) is 0 Å². The Morgan fingerprint density at radius 3 is 1.57 bits per heavy atom. The van der Waals surface area contributed by atoms with E-state index in [4.69, 9.17) is 0 Å². The molecule has 108 valence electrons. The van der Waals surface area contributed by atoms with Crippen LogP contribution in [0.3, 0.4) is 0 Å². The molecule has 0 heterocycles. The summed E-state index contributed by atoms with van der Waals surface area (Å²) >= 11 is 0. The summed E-state index contributed by atoms with van der Waals surface area (Å²) < 4.78 is 0. The molecule has 21 heavy (non-hydrogen) atoms. The molecule has 1 aliphatic carbocycles. The summed E-state index contributed by atoms with van der Waals surface area (Å²) in [7, 11) is 0. The van der Waals surface area contributed by atoms with Crippen molar-refractivity contribution in [1.29, 1.82) is 0 Å². The molecule has 3 rings (SSSR count). The van der Waals surface area contributed by atoms with Crippen molar-refractivity contribution in [3.8, 4) is 0 Å². The monoisotopic (exact) mass is 278 g/mol. The normalized spacial score (nSPS) is 22.2. The Hall–Kier alpha value is -1.89. The number of hydrogen-bond donors (Lipinski definition) is 0. The molecule has 0 aromatic heterocycles. The van der Waals surface area contributed by atoms with Crippen LogP contribution in [0.1, 0.15) is 30.4 Å². The number of ketones is 1. The van der Waals surface area contributed by atoms with Gasteiger partial charge in [-0.15, -0.1) is 0 Å². The Morgan fingerprint density at radius 2 is 1.14 bits per heavy atom. The topological polar surface area (TPSA) is 17.1 Å². The van der Waals surface area contributed by atoms with Gasteiger partial charge in [-0.3, -0.25) is 4.79 Å². The summed E-state index contributed by atoms with van der Waals surface area (Å²) in [5.74, 6) is 0.915. The van der Waals surface area contributed by atoms with Crippen LogP contribution in [0.15, 0.2) is 60.7 Å². The van der Waals surface area contributed by atoms with Gasteiger partial charge < -0.3 is 0 Å². The minimum atomic E-state index is 0.217. The first kappa shape index (κ1) is 14.1. The van der Waals surface area contributed by atoms with E-state index in [9.17, 15) is 4.79 Å². The average molecular weight is 278 g/mol. The summed E-state index contributed by atoms with van der Waals surface area (Å²) in [6.45, 7) is 0. The number of benzene rings is 2. The molecule has 0 unspecified atom stereocenters. The minimum Gasteiger partial charge on any atom is -0.299 e. The van der Waals surface area contributed by atoms with Gasteiger partial charge in [-0.1, -0.05) is 67.1 Å². The van der Waals surface area contributed by atoms with Crippen molar-refractivity contribution in [2.24, 2.45) is 11.8 Å². The highest BCUT2D eigenvalue weighted by atomic mass is 16.1. The third kappa shape index (κ3) is 3.60. The third-order valence-electron chi connectivity index (χ3n) is 4.56. The zero-order valence-electron chi connectivity index (χ0n) is 12.4. The van der Waals surface area contributed by atoms with Gasteiger partial charge in [0, 0.05) is 11.8 Å². The Kier molecular flexibility index (Phi) is 4.49. The fraction of sp³-hybridized carbons (Fsp3) is 0.350. The van der Waals surface area contributed by atoms with Crippen LogP contribution in [0.2, 0.25) is 0 Å². The van der Waals surface area contributed by atoms with Crippen molar-refractivity contribution >= 4 is 5.78 Å². The lowest BCUT2D eigenvalue weighted by Gasteiger charge is -2.28. The lowest BCUT2D eigenvalue weighted by Crippen LogP contribution is -2.31. The van der Waals surface area contributed by atoms with Crippen molar-refractivity contribution in [3.63, 3.8) is 0 Å². The maximum atomic E-state index is 12.7. The van der Waals surface area contributed by atoms with Gasteiger partial charge in [0.15, 0.2) is 0 Å². The highest BCUT2D eigenvalue weighted by Gasteiger charge is 2.30. The van der Waals surface area contributed by atoms with Gasteiger partial charge >= 0.3 is 0 Å². The number of Topliss-reactive ketones (excluding diaryl/α,β-unsaturated/α-hetero) is 1. The van der Waals surface area contributed by atoms with Crippen LogP contribution in [-0.2, 0) is 17.6 Å². The molecule has 0 spiro atoms. The smallest absolute Gasteiger partial charge is 0.139 e. The molecule has 0 aliphatic heterocycles. The summed E-state index contributed by atoms with van der Waals surface area (Å²) in [6, 6.07) is 20.8. The molecule has 1 nitrogen and oxygen atoms in total. The van der Waals surface area contributed by atoms with Crippen molar-refractivity contribution in [1.82, 2.24) is 0 Å². The largest absolute Gasteiger partial charge is 0.299 e. The van der Waals surface area contributed by atoms with E-state index in [2.05, 4.69) is 48.5 Å². The quantitative estimate of drug-likeness (QED) is 0.807. The summed E-state index contributed by atoms with van der Waals surface area (Å²) in [5, 5.41) is 0. The molecule has 0 saturated heterocycles. The van der Waals surface area contributed by atoms with Gasteiger partial charge in [-0.25, -0.2) is 0 Å². The SMILES string of the molecule is O=C1[C@H](Cc2ccccc2)CCC[C@H]1Cc1ccccc1. The number of rotatable bonds is 4. The van der Waals surface area contributed by atoms with E-state index in [0.717, 1.165) is 25.7 Å². The first-order chi connectivity index (χ1) is 10.3. The summed E-state index contributed by atoms with van der Waals surface area (Å²) in [4.78, 5) is 12.7. The van der Waals surface area contributed by atoms with Crippen LogP contribution in [0, 0.1) is 11.8 Å². The number of carbonyl (C=O) groups is 1. The predicted octanol–water partition coefficient (Wildman–Crippen LogP) is 4.46. The molecule has 0 bridgehead atoms. The maximum Gasteiger partial charge on any atom is 0.139 e. The van der Waals surface area contributed by atoms with E-state index >= 15 is 0 Å². The second-order valence-corrected chi connectivity index (χ2v) is 6.11. The molecular weight excluding hydrogens is 256 g/mol. The third-order valence-corrected chi connectivity index (χ3v) is 4.56. The van der Waals surface area contributed by atoms with Crippen LogP contribution < -0.4 is 0 Å². The highest BCUT2D eigenvalue weighted by Crippen LogP contribution is 2.30. The second-order valence-electron chi connectivity index (χ2n) is 6.11. The molecule has 0 radical (unpaired) electrons. The van der Waals surface area contributed by atoms with Gasteiger partial charge in [-0.05, 0) is 36.8 Å². The second kappa shape index (κ2) is 6.71. The molecule has 1 heteroatoms. The number of carbonyl (C=O) groups excluding carboxylic acids is 1. The van der Waals surface area contributed by atoms with Crippen LogP contribution in [0.25, 0.3) is 0 Å². The van der Waals surface area contributed by atoms with Crippen LogP contribution in [-0.4, -0.2) is 5.78 Å². The summed E-state index contributed by atoms with van der Waals surface area (Å²) in [6.07, 6.45) is 5.11. The summed E-state index contributed by atoms with van der Waals surface area (Å²) in [5.41, 5.74) is 2.58. The standard InChI is InChI=1S/C20H22O/c21-20-18(14-16-8-3-1-4-9-16)12-7-13-19(20)15-17-10-5-2-6-11-17/h1-6,8-11,18-19H,7,12-15H2/t18-,19-/m0/s1. The lowest BCUT2D eigenvalue weighted by atomic mass is 9.75. The van der Waals surface area contributed by atoms with E-state index in [0.29, 0.717) is 5.78 Å². The van der Waals surface area contributed by atoms with Crippen LogP contribution in [0.5, 0.6) is 0 Å². The van der Waals surface area contributed by atoms with Crippen molar-refractivity contribution in [3.05, 3.63) is 71.8 Å². The van der Waals surface area contributed by atoms with Crippen molar-refractivity contribution < 1.29 is 4.79 Å². The van der Waals surface area contributed by atoms with E-state index in [-0.39, 0.29) is 11.8 Å². The molecular formula is C20H22O. The Morgan fingerprint density at radius 1 is 0.714 bits per heavy atom. The van der Waals surface area contributed by atoms with E-state index in [1.54, 1.807) is 0 Å². The maximum absolute atomic E-state index is 12.7. The van der Waals surface area contributed by atoms with E-state index in [1.807, 2.05) is 12.1 Å². The lowest BCUT2D eigenvalue weighted by molar-refractivity contribution is -0.129. The molecule has 0 amide bonds. The van der Waals surface area contributed by atoms with Gasteiger partial charge in [0.05, 0.1) is 0 Å².